The van der Waals surface area contributed by atoms with Gasteiger partial charge in [-0.2, -0.15) is 0 Å². The van der Waals surface area contributed by atoms with E-state index in [-0.39, 0.29) is 0 Å². The molecule has 17 heavy (non-hydrogen) atoms. The number of rotatable bonds is 3. The summed E-state index contributed by atoms with van der Waals surface area (Å²) in [5, 5.41) is 4.02. The van der Waals surface area contributed by atoms with Gasteiger partial charge in [0, 0.05) is 20.9 Å². The summed E-state index contributed by atoms with van der Waals surface area (Å²) in [6.45, 7) is 3.96. The molecule has 0 saturated carbocycles. The summed E-state index contributed by atoms with van der Waals surface area (Å²) in [7, 11) is 0. The molecule has 1 rings (SSSR count). The summed E-state index contributed by atoms with van der Waals surface area (Å²) in [5.74, 6) is 0.708. The Morgan fingerprint density at radius 1 is 1.59 bits per heavy atom. The number of halogens is 2. The van der Waals surface area contributed by atoms with Crippen molar-refractivity contribution in [2.24, 2.45) is 0 Å². The highest BCUT2D eigenvalue weighted by atomic mass is 79.9. The summed E-state index contributed by atoms with van der Waals surface area (Å²) in [6, 6.07) is 6.04. The molecule has 0 unspecified atom stereocenters. The van der Waals surface area contributed by atoms with E-state index in [1.807, 2.05) is 32.1 Å². The zero-order valence-electron chi connectivity index (χ0n) is 9.59. The van der Waals surface area contributed by atoms with Gasteiger partial charge in [-0.1, -0.05) is 57.6 Å². The Bertz CT molecular complexity index is 446. The topological polar surface area (TPSA) is 12.0 Å². The molecule has 0 aliphatic carbocycles. The maximum absolute atomic E-state index is 5.91. The van der Waals surface area contributed by atoms with Crippen LogP contribution in [-0.2, 0) is 0 Å². The SMILES string of the molecule is CC=C(Cl)CSC(=S)Nc1ccc(Br)cc1C. The van der Waals surface area contributed by atoms with Crippen LogP contribution in [0, 0.1) is 6.92 Å². The molecule has 0 aliphatic heterocycles. The molecule has 0 spiro atoms. The first kappa shape index (κ1) is 15.0. The molecule has 1 N–H and O–H groups in total. The van der Waals surface area contributed by atoms with Gasteiger partial charge in [0.25, 0.3) is 0 Å². The van der Waals surface area contributed by atoms with Gasteiger partial charge in [-0.3, -0.25) is 0 Å². The molecule has 0 atom stereocenters. The van der Waals surface area contributed by atoms with Crippen LogP contribution in [0.25, 0.3) is 0 Å². The lowest BCUT2D eigenvalue weighted by molar-refractivity contribution is 1.44. The van der Waals surface area contributed by atoms with E-state index in [0.717, 1.165) is 25.1 Å². The second-order valence-electron chi connectivity index (χ2n) is 3.40. The number of thioether (sulfide) groups is 1. The normalized spacial score (nSPS) is 11.4. The lowest BCUT2D eigenvalue weighted by atomic mass is 10.2. The smallest absolute Gasteiger partial charge is 0.138 e. The molecule has 0 aliphatic rings. The number of hydrogen-bond donors (Lipinski definition) is 1. The Balaban J connectivity index is 2.56. The predicted octanol–water partition coefficient (Wildman–Crippen LogP) is 5.33. The minimum atomic E-state index is 0.708. The van der Waals surface area contributed by atoms with Crippen molar-refractivity contribution in [2.45, 2.75) is 13.8 Å². The van der Waals surface area contributed by atoms with Gasteiger partial charge in [0.2, 0.25) is 0 Å². The van der Waals surface area contributed by atoms with Crippen molar-refractivity contribution >= 4 is 61.5 Å². The van der Waals surface area contributed by atoms with Crippen molar-refractivity contribution in [1.29, 1.82) is 0 Å². The lowest BCUT2D eigenvalue weighted by Gasteiger charge is -2.10. The van der Waals surface area contributed by atoms with E-state index in [1.165, 1.54) is 11.8 Å². The Kier molecular flexibility index (Phi) is 6.55. The third-order valence-electron chi connectivity index (χ3n) is 2.08. The number of aryl methyl sites for hydroxylation is 1. The first-order valence-corrected chi connectivity index (χ1v) is 7.60. The zero-order chi connectivity index (χ0) is 12.8. The standard InChI is InChI=1S/C12H13BrClNS2/c1-3-10(14)7-17-12(16)15-11-5-4-9(13)6-8(11)2/h3-6H,7H2,1-2H3,(H,15,16). The highest BCUT2D eigenvalue weighted by Crippen LogP contribution is 2.22. The fourth-order valence-corrected chi connectivity index (χ4v) is 2.67. The molecule has 0 radical (unpaired) electrons. The first-order chi connectivity index (χ1) is 8.02. The molecule has 0 aromatic heterocycles. The second-order valence-corrected chi connectivity index (χ2v) is 6.45. The van der Waals surface area contributed by atoms with Crippen LogP contribution >= 0.6 is 51.5 Å². The third-order valence-corrected chi connectivity index (χ3v) is 4.36. The van der Waals surface area contributed by atoms with Gasteiger partial charge in [0.1, 0.15) is 4.32 Å². The summed E-state index contributed by atoms with van der Waals surface area (Å²) >= 11 is 16.1. The monoisotopic (exact) mass is 349 g/mol. The molecule has 0 amide bonds. The van der Waals surface area contributed by atoms with Crippen molar-refractivity contribution in [2.75, 3.05) is 11.1 Å². The molecular formula is C12H13BrClNS2. The number of nitrogens with one attached hydrogen (secondary N) is 1. The van der Waals surface area contributed by atoms with E-state index in [4.69, 9.17) is 23.8 Å². The molecule has 1 aromatic carbocycles. The van der Waals surface area contributed by atoms with Crippen molar-refractivity contribution in [3.63, 3.8) is 0 Å². The molecular weight excluding hydrogens is 338 g/mol. The van der Waals surface area contributed by atoms with E-state index in [0.29, 0.717) is 5.75 Å². The summed E-state index contributed by atoms with van der Waals surface area (Å²) in [6.07, 6.45) is 1.88. The zero-order valence-corrected chi connectivity index (χ0v) is 13.6. The number of hydrogen-bond acceptors (Lipinski definition) is 2. The molecule has 0 heterocycles. The van der Waals surface area contributed by atoms with Crippen LogP contribution in [0.5, 0.6) is 0 Å². The molecule has 0 saturated heterocycles. The van der Waals surface area contributed by atoms with Gasteiger partial charge in [-0.05, 0) is 37.6 Å². The Morgan fingerprint density at radius 2 is 2.29 bits per heavy atom. The first-order valence-electron chi connectivity index (χ1n) is 5.03. The number of thiocarbonyl (C=S) groups is 1. The van der Waals surface area contributed by atoms with E-state index >= 15 is 0 Å². The third kappa shape index (κ3) is 5.42. The Hall–Kier alpha value is -0.0300. The van der Waals surface area contributed by atoms with Gasteiger partial charge < -0.3 is 5.32 Å². The molecule has 0 bridgehead atoms. The molecule has 1 nitrogen and oxygen atoms in total. The largest absolute Gasteiger partial charge is 0.341 e. The van der Waals surface area contributed by atoms with Gasteiger partial charge in [0.15, 0.2) is 0 Å². The van der Waals surface area contributed by atoms with Crippen molar-refractivity contribution in [3.05, 3.63) is 39.3 Å². The molecule has 1 aromatic rings. The fourth-order valence-electron chi connectivity index (χ4n) is 1.13. The quantitative estimate of drug-likeness (QED) is 0.740. The maximum atomic E-state index is 5.91. The highest BCUT2D eigenvalue weighted by Gasteiger charge is 2.03. The summed E-state index contributed by atoms with van der Waals surface area (Å²) in [5.41, 5.74) is 2.18. The van der Waals surface area contributed by atoms with Gasteiger partial charge in [-0.25, -0.2) is 0 Å². The van der Waals surface area contributed by atoms with Crippen molar-refractivity contribution in [3.8, 4) is 0 Å². The Labute approximate surface area is 125 Å². The minimum Gasteiger partial charge on any atom is -0.341 e. The molecule has 0 fully saturated rings. The van der Waals surface area contributed by atoms with E-state index in [2.05, 4.69) is 27.3 Å². The second kappa shape index (κ2) is 7.41. The van der Waals surface area contributed by atoms with Gasteiger partial charge >= 0.3 is 0 Å². The van der Waals surface area contributed by atoms with Crippen LogP contribution in [-0.4, -0.2) is 10.1 Å². The van der Waals surface area contributed by atoms with Crippen LogP contribution in [0.3, 0.4) is 0 Å². The summed E-state index contributed by atoms with van der Waals surface area (Å²) < 4.78 is 1.80. The van der Waals surface area contributed by atoms with E-state index in [1.54, 1.807) is 0 Å². The fraction of sp³-hybridized carbons (Fsp3) is 0.250. The number of allylic oxidation sites excluding steroid dienone is 1. The average molecular weight is 351 g/mol. The van der Waals surface area contributed by atoms with Gasteiger partial charge in [-0.15, -0.1) is 0 Å². The lowest BCUT2D eigenvalue weighted by Crippen LogP contribution is -2.06. The van der Waals surface area contributed by atoms with Crippen LogP contribution in [0.4, 0.5) is 5.69 Å². The highest BCUT2D eigenvalue weighted by molar-refractivity contribution is 9.10. The van der Waals surface area contributed by atoms with E-state index in [9.17, 15) is 0 Å². The number of benzene rings is 1. The maximum Gasteiger partial charge on any atom is 0.138 e. The average Bonchev–Trinajstić information content (AvgIpc) is 2.29. The van der Waals surface area contributed by atoms with Crippen LogP contribution in [0.1, 0.15) is 12.5 Å². The van der Waals surface area contributed by atoms with Crippen molar-refractivity contribution in [1.82, 2.24) is 0 Å². The molecule has 92 valence electrons. The van der Waals surface area contributed by atoms with Crippen molar-refractivity contribution < 1.29 is 0 Å². The van der Waals surface area contributed by atoms with E-state index < -0.39 is 0 Å². The molecule has 5 heteroatoms. The Morgan fingerprint density at radius 3 is 2.88 bits per heavy atom. The van der Waals surface area contributed by atoms with Crippen LogP contribution < -0.4 is 5.32 Å². The minimum absolute atomic E-state index is 0.708. The predicted molar refractivity (Wildman–Crippen MR) is 87.2 cm³/mol. The van der Waals surface area contributed by atoms with Crippen LogP contribution in [0.15, 0.2) is 33.8 Å². The van der Waals surface area contributed by atoms with Gasteiger partial charge in [0.05, 0.1) is 0 Å². The van der Waals surface area contributed by atoms with Crippen LogP contribution in [0.2, 0.25) is 0 Å². The number of anilines is 1. The summed E-state index contributed by atoms with van der Waals surface area (Å²) in [4.78, 5) is 0.